The fourth-order valence-electron chi connectivity index (χ4n) is 8.38. The van der Waals surface area contributed by atoms with Gasteiger partial charge in [-0.15, -0.1) is 0 Å². The van der Waals surface area contributed by atoms with Gasteiger partial charge in [0.1, 0.15) is 0 Å². The molecule has 4 aliphatic rings. The van der Waals surface area contributed by atoms with Gasteiger partial charge >= 0.3 is 0 Å². The highest BCUT2D eigenvalue weighted by Gasteiger charge is 2.58. The van der Waals surface area contributed by atoms with Crippen molar-refractivity contribution in [1.29, 1.82) is 0 Å². The van der Waals surface area contributed by atoms with Crippen LogP contribution in [0.5, 0.6) is 0 Å². The van der Waals surface area contributed by atoms with Crippen LogP contribution < -0.4 is 5.73 Å². The molecule has 4 aliphatic carbocycles. The second kappa shape index (κ2) is 8.65. The van der Waals surface area contributed by atoms with E-state index in [-0.39, 0.29) is 0 Å². The van der Waals surface area contributed by atoms with Crippen LogP contribution in [0.1, 0.15) is 97.8 Å². The summed E-state index contributed by atoms with van der Waals surface area (Å²) in [5, 5.41) is 0. The average Bonchev–Trinajstić information content (AvgIpc) is 3.05. The molecule has 165 valence electrons. The first kappa shape index (κ1) is 21.9. The lowest BCUT2D eigenvalue weighted by atomic mass is 9.47. The Labute approximate surface area is 180 Å². The predicted molar refractivity (Wildman–Crippen MR) is 122 cm³/mol. The molecule has 8 atom stereocenters. The minimum atomic E-state index is 0.355. The zero-order valence-electron chi connectivity index (χ0n) is 19.4. The standard InChI is InChI=1S/C27H46NO/c1-5-6-7-8-17-29-21-13-15-26(3)20(18-21)9-10-22-24-12-11-23(19(2)28)27(24,4)16-14-25(22)26/h9,19,21-25H,1,5-8,10-18,28H2,2-4H3/t19-,21+,22?,23-,24?,25?,26+,27-/m1/s1. The van der Waals surface area contributed by atoms with E-state index >= 15 is 0 Å². The van der Waals surface area contributed by atoms with Gasteiger partial charge in [-0.1, -0.05) is 51.7 Å². The molecule has 0 aromatic rings. The van der Waals surface area contributed by atoms with Crippen molar-refractivity contribution in [2.45, 2.75) is 110 Å². The van der Waals surface area contributed by atoms with Gasteiger partial charge in [-0.3, -0.25) is 0 Å². The second-order valence-corrected chi connectivity index (χ2v) is 11.5. The smallest absolute Gasteiger partial charge is 0.0612 e. The van der Waals surface area contributed by atoms with Crippen LogP contribution in [-0.2, 0) is 4.74 Å². The molecule has 3 fully saturated rings. The van der Waals surface area contributed by atoms with Crippen molar-refractivity contribution in [3.8, 4) is 0 Å². The minimum absolute atomic E-state index is 0.355. The Kier molecular flexibility index (Phi) is 6.53. The van der Waals surface area contributed by atoms with Gasteiger partial charge in [0.2, 0.25) is 0 Å². The third-order valence-electron chi connectivity index (χ3n) is 10.0. The Balaban J connectivity index is 1.42. The number of hydrogen-bond acceptors (Lipinski definition) is 2. The summed E-state index contributed by atoms with van der Waals surface area (Å²) in [6.07, 6.45) is 18.6. The molecular weight excluding hydrogens is 354 g/mol. The zero-order valence-corrected chi connectivity index (χ0v) is 19.4. The van der Waals surface area contributed by atoms with Gasteiger partial charge in [0.15, 0.2) is 0 Å². The Morgan fingerprint density at radius 1 is 1.10 bits per heavy atom. The van der Waals surface area contributed by atoms with Crippen molar-refractivity contribution < 1.29 is 4.74 Å². The predicted octanol–water partition coefficient (Wildman–Crippen LogP) is 6.69. The number of allylic oxidation sites excluding steroid dienone is 1. The van der Waals surface area contributed by atoms with Crippen LogP contribution in [0.15, 0.2) is 11.6 Å². The van der Waals surface area contributed by atoms with Crippen LogP contribution in [0.4, 0.5) is 0 Å². The van der Waals surface area contributed by atoms with Gasteiger partial charge in [0, 0.05) is 12.6 Å². The molecule has 0 aromatic heterocycles. The topological polar surface area (TPSA) is 35.2 Å². The van der Waals surface area contributed by atoms with E-state index in [9.17, 15) is 0 Å². The first-order valence-electron chi connectivity index (χ1n) is 12.8. The van der Waals surface area contributed by atoms with Crippen LogP contribution in [0.2, 0.25) is 0 Å². The lowest BCUT2D eigenvalue weighted by Crippen LogP contribution is -2.51. The third-order valence-corrected chi connectivity index (χ3v) is 10.0. The van der Waals surface area contributed by atoms with Gasteiger partial charge in [-0.25, -0.2) is 0 Å². The van der Waals surface area contributed by atoms with E-state index in [1.165, 1.54) is 70.6 Å². The van der Waals surface area contributed by atoms with Crippen molar-refractivity contribution in [3.63, 3.8) is 0 Å². The molecule has 29 heavy (non-hydrogen) atoms. The molecule has 0 aliphatic heterocycles. The van der Waals surface area contributed by atoms with E-state index < -0.39 is 0 Å². The Hall–Kier alpha value is -0.340. The highest BCUT2D eigenvalue weighted by molar-refractivity contribution is 5.25. The normalized spacial score (nSPS) is 45.1. The summed E-state index contributed by atoms with van der Waals surface area (Å²) >= 11 is 0. The first-order chi connectivity index (χ1) is 13.9. The molecule has 3 unspecified atom stereocenters. The van der Waals surface area contributed by atoms with Crippen LogP contribution in [-0.4, -0.2) is 18.8 Å². The fourth-order valence-corrected chi connectivity index (χ4v) is 8.38. The van der Waals surface area contributed by atoms with Crippen LogP contribution in [0.3, 0.4) is 0 Å². The molecule has 0 bridgehead atoms. The number of unbranched alkanes of at least 4 members (excludes halogenated alkanes) is 3. The number of ether oxygens (including phenoxy) is 1. The summed E-state index contributed by atoms with van der Waals surface area (Å²) in [5.41, 5.74) is 9.12. The van der Waals surface area contributed by atoms with Crippen molar-refractivity contribution >= 4 is 0 Å². The molecule has 0 amide bonds. The van der Waals surface area contributed by atoms with E-state index in [1.54, 1.807) is 5.57 Å². The summed E-state index contributed by atoms with van der Waals surface area (Å²) < 4.78 is 6.31. The van der Waals surface area contributed by atoms with E-state index in [4.69, 9.17) is 10.5 Å². The maximum atomic E-state index is 6.44. The highest BCUT2D eigenvalue weighted by Crippen LogP contribution is 2.66. The van der Waals surface area contributed by atoms with Crippen molar-refractivity contribution in [3.05, 3.63) is 18.6 Å². The summed E-state index contributed by atoms with van der Waals surface area (Å²) in [4.78, 5) is 0. The number of nitrogens with two attached hydrogens (primary N) is 1. The number of hydrogen-bond donors (Lipinski definition) is 1. The second-order valence-electron chi connectivity index (χ2n) is 11.5. The van der Waals surface area contributed by atoms with Gasteiger partial charge in [-0.05, 0) is 99.2 Å². The molecular formula is C27H46NO. The lowest BCUT2D eigenvalue weighted by Gasteiger charge is -2.58. The molecule has 2 nitrogen and oxygen atoms in total. The summed E-state index contributed by atoms with van der Waals surface area (Å²) in [7, 11) is 0. The van der Waals surface area contributed by atoms with Crippen molar-refractivity contribution in [2.24, 2.45) is 40.2 Å². The van der Waals surface area contributed by atoms with Gasteiger partial charge in [-0.2, -0.15) is 0 Å². The zero-order chi connectivity index (χ0) is 20.6. The van der Waals surface area contributed by atoms with Crippen LogP contribution >= 0.6 is 0 Å². The number of fused-ring (bicyclic) bond motifs is 5. The molecule has 2 heteroatoms. The highest BCUT2D eigenvalue weighted by atomic mass is 16.5. The molecule has 0 heterocycles. The average molecular weight is 401 g/mol. The Morgan fingerprint density at radius 2 is 1.93 bits per heavy atom. The van der Waals surface area contributed by atoms with E-state index in [0.717, 1.165) is 36.7 Å². The molecule has 3 saturated carbocycles. The fraction of sp³-hybridized carbons (Fsp3) is 0.889. The molecule has 2 N–H and O–H groups in total. The third kappa shape index (κ3) is 3.86. The molecule has 0 aromatic carbocycles. The van der Waals surface area contributed by atoms with E-state index in [2.05, 4.69) is 33.8 Å². The van der Waals surface area contributed by atoms with E-state index in [1.807, 2.05) is 0 Å². The maximum Gasteiger partial charge on any atom is 0.0612 e. The number of rotatable bonds is 7. The molecule has 4 rings (SSSR count). The lowest BCUT2D eigenvalue weighted by molar-refractivity contribution is -0.0598. The summed E-state index contributed by atoms with van der Waals surface area (Å²) in [6, 6.07) is 0.355. The van der Waals surface area contributed by atoms with Crippen LogP contribution in [0.25, 0.3) is 0 Å². The minimum Gasteiger partial charge on any atom is -0.378 e. The molecule has 0 saturated heterocycles. The monoisotopic (exact) mass is 400 g/mol. The SMILES string of the molecule is [CH2]CCCCCO[C@H]1CC[C@@]2(C)C(=CCC3C2CC[C@@]2(C)C3CC[C@@H]2[C@@H](C)N)C1. The Bertz CT molecular complexity index is 597. The van der Waals surface area contributed by atoms with E-state index in [0.29, 0.717) is 23.0 Å². The largest absolute Gasteiger partial charge is 0.378 e. The molecule has 1 radical (unpaired) electrons. The quantitative estimate of drug-likeness (QED) is 0.381. The van der Waals surface area contributed by atoms with Crippen molar-refractivity contribution in [1.82, 2.24) is 0 Å². The van der Waals surface area contributed by atoms with Gasteiger partial charge < -0.3 is 10.5 Å². The summed E-state index contributed by atoms with van der Waals surface area (Å²) in [6.45, 7) is 12.3. The first-order valence-corrected chi connectivity index (χ1v) is 12.8. The maximum absolute atomic E-state index is 6.44. The molecule has 0 spiro atoms. The summed E-state index contributed by atoms with van der Waals surface area (Å²) in [5.74, 6) is 3.42. The van der Waals surface area contributed by atoms with Crippen molar-refractivity contribution in [2.75, 3.05) is 6.61 Å². The van der Waals surface area contributed by atoms with Crippen LogP contribution in [0, 0.1) is 41.4 Å². The van der Waals surface area contributed by atoms with Gasteiger partial charge in [0.05, 0.1) is 6.10 Å². The Morgan fingerprint density at radius 3 is 2.69 bits per heavy atom. The van der Waals surface area contributed by atoms with Gasteiger partial charge in [0.25, 0.3) is 0 Å².